The zero-order valence-electron chi connectivity index (χ0n) is 11.2. The summed E-state index contributed by atoms with van der Waals surface area (Å²) in [6.45, 7) is 8.26. The van der Waals surface area contributed by atoms with Gasteiger partial charge in [0.05, 0.1) is 16.1 Å². The molecule has 0 bridgehead atoms. The Morgan fingerprint density at radius 3 is 2.50 bits per heavy atom. The molecule has 1 aromatic carbocycles. The van der Waals surface area contributed by atoms with Crippen LogP contribution in [-0.4, -0.2) is 29.1 Å². The van der Waals surface area contributed by atoms with E-state index in [1.165, 1.54) is 0 Å². The predicted molar refractivity (Wildman–Crippen MR) is 78.4 cm³/mol. The van der Waals surface area contributed by atoms with E-state index in [0.717, 1.165) is 13.1 Å². The first kappa shape index (κ1) is 15.8. The van der Waals surface area contributed by atoms with E-state index >= 15 is 0 Å². The van der Waals surface area contributed by atoms with E-state index in [1.807, 2.05) is 12.1 Å². The molecular weight excluding hydrogens is 269 g/mol. The van der Waals surface area contributed by atoms with Crippen molar-refractivity contribution in [1.82, 2.24) is 4.90 Å². The van der Waals surface area contributed by atoms with Crippen molar-refractivity contribution in [2.45, 2.75) is 39.3 Å². The van der Waals surface area contributed by atoms with E-state index in [1.54, 1.807) is 6.07 Å². The van der Waals surface area contributed by atoms with Crippen LogP contribution in [0.3, 0.4) is 0 Å². The Bertz CT molecular complexity index is 382. The molecule has 1 N–H and O–H groups in total. The molecule has 2 nitrogen and oxygen atoms in total. The van der Waals surface area contributed by atoms with Gasteiger partial charge in [0.25, 0.3) is 0 Å². The summed E-state index contributed by atoms with van der Waals surface area (Å²) in [6, 6.07) is 5.85. The summed E-state index contributed by atoms with van der Waals surface area (Å²) in [5, 5.41) is 11.1. The molecule has 0 heterocycles. The minimum Gasteiger partial charge on any atom is -0.388 e. The Labute approximate surface area is 120 Å². The Morgan fingerprint density at radius 2 is 1.94 bits per heavy atom. The first-order valence-electron chi connectivity index (χ1n) is 6.33. The summed E-state index contributed by atoms with van der Waals surface area (Å²) in [7, 11) is 0. The Morgan fingerprint density at radius 1 is 1.28 bits per heavy atom. The zero-order valence-corrected chi connectivity index (χ0v) is 12.7. The smallest absolute Gasteiger partial charge is 0.0817 e. The fourth-order valence-corrected chi connectivity index (χ4v) is 2.44. The lowest BCUT2D eigenvalue weighted by atomic mass is 10.1. The highest BCUT2D eigenvalue weighted by Crippen LogP contribution is 2.31. The van der Waals surface area contributed by atoms with Gasteiger partial charge in [-0.15, -0.1) is 0 Å². The van der Waals surface area contributed by atoms with Gasteiger partial charge in [-0.25, -0.2) is 0 Å². The summed E-state index contributed by atoms with van der Waals surface area (Å²) in [5.41, 5.74) is 0.712. The van der Waals surface area contributed by atoms with Crippen LogP contribution in [0, 0.1) is 0 Å². The molecule has 0 saturated heterocycles. The van der Waals surface area contributed by atoms with Crippen LogP contribution in [0.25, 0.3) is 0 Å². The zero-order chi connectivity index (χ0) is 13.7. The van der Waals surface area contributed by atoms with Gasteiger partial charge in [-0.2, -0.15) is 0 Å². The van der Waals surface area contributed by atoms with Gasteiger partial charge in [0.1, 0.15) is 0 Å². The van der Waals surface area contributed by atoms with Crippen LogP contribution in [-0.2, 0) is 0 Å². The van der Waals surface area contributed by atoms with Gasteiger partial charge < -0.3 is 10.0 Å². The summed E-state index contributed by atoms with van der Waals surface area (Å²) in [4.78, 5) is 2.31. The molecule has 0 fully saturated rings. The summed E-state index contributed by atoms with van der Waals surface area (Å²) >= 11 is 12.0. The average Bonchev–Trinajstić information content (AvgIpc) is 2.32. The first-order chi connectivity index (χ1) is 8.47. The molecule has 1 atom stereocenters. The Balaban J connectivity index is 2.65. The molecule has 0 spiro atoms. The maximum Gasteiger partial charge on any atom is 0.0817 e. The lowest BCUT2D eigenvalue weighted by Gasteiger charge is -2.26. The maximum atomic E-state index is 10.2. The maximum absolute atomic E-state index is 10.2. The van der Waals surface area contributed by atoms with E-state index < -0.39 is 6.10 Å². The molecule has 0 aromatic heterocycles. The molecule has 1 unspecified atom stereocenters. The summed E-state index contributed by atoms with van der Waals surface area (Å²) < 4.78 is 0. The lowest BCUT2D eigenvalue weighted by Crippen LogP contribution is -2.32. The van der Waals surface area contributed by atoms with Crippen molar-refractivity contribution in [3.05, 3.63) is 33.8 Å². The van der Waals surface area contributed by atoms with E-state index in [9.17, 15) is 5.11 Å². The second kappa shape index (κ2) is 7.34. The van der Waals surface area contributed by atoms with Gasteiger partial charge in [-0.1, -0.05) is 42.3 Å². The molecular formula is C14H21Cl2NO. The number of aliphatic hydroxyl groups is 1. The fourth-order valence-electron chi connectivity index (χ4n) is 2.00. The third-order valence-corrected chi connectivity index (χ3v) is 4.00. The minimum absolute atomic E-state index is 0.458. The number of hydrogen-bond donors (Lipinski definition) is 1. The van der Waals surface area contributed by atoms with Crippen molar-refractivity contribution in [3.8, 4) is 0 Å². The Hall–Kier alpha value is -0.280. The quantitative estimate of drug-likeness (QED) is 0.851. The second-order valence-electron chi connectivity index (χ2n) is 4.67. The molecule has 0 saturated carbocycles. The molecule has 1 rings (SSSR count). The molecule has 102 valence electrons. The molecule has 0 aliphatic carbocycles. The predicted octanol–water partition coefficient (Wildman–Crippen LogP) is 4.15. The van der Waals surface area contributed by atoms with Crippen molar-refractivity contribution in [3.63, 3.8) is 0 Å². The average molecular weight is 290 g/mol. The second-order valence-corrected chi connectivity index (χ2v) is 5.46. The van der Waals surface area contributed by atoms with Gasteiger partial charge in [-0.3, -0.25) is 0 Å². The standard InChI is InChI=1S/C14H21Cl2NO/c1-4-17(10(2)3)9-8-13(18)11-6-5-7-12(15)14(11)16/h5-7,10,13,18H,4,8-9H2,1-3H3. The van der Waals surface area contributed by atoms with Gasteiger partial charge in [0.2, 0.25) is 0 Å². The topological polar surface area (TPSA) is 23.5 Å². The normalized spacial score (nSPS) is 13.3. The van der Waals surface area contributed by atoms with Gasteiger partial charge in [-0.05, 0) is 32.9 Å². The van der Waals surface area contributed by atoms with E-state index in [0.29, 0.717) is 28.1 Å². The van der Waals surface area contributed by atoms with E-state index in [4.69, 9.17) is 23.2 Å². The van der Waals surface area contributed by atoms with Crippen molar-refractivity contribution >= 4 is 23.2 Å². The monoisotopic (exact) mass is 289 g/mol. The molecule has 1 aromatic rings. The number of nitrogens with zero attached hydrogens (tertiary/aromatic N) is 1. The van der Waals surface area contributed by atoms with Gasteiger partial charge in [0, 0.05) is 18.2 Å². The molecule has 0 amide bonds. The third kappa shape index (κ3) is 4.13. The van der Waals surface area contributed by atoms with Crippen molar-refractivity contribution in [2.24, 2.45) is 0 Å². The number of halogens is 2. The molecule has 18 heavy (non-hydrogen) atoms. The first-order valence-corrected chi connectivity index (χ1v) is 7.09. The van der Waals surface area contributed by atoms with E-state index in [2.05, 4.69) is 25.7 Å². The lowest BCUT2D eigenvalue weighted by molar-refractivity contribution is 0.133. The van der Waals surface area contributed by atoms with Crippen molar-refractivity contribution in [1.29, 1.82) is 0 Å². The number of hydrogen-bond acceptors (Lipinski definition) is 2. The molecule has 0 radical (unpaired) electrons. The third-order valence-electron chi connectivity index (χ3n) is 3.17. The van der Waals surface area contributed by atoms with Crippen LogP contribution in [0.15, 0.2) is 18.2 Å². The van der Waals surface area contributed by atoms with Gasteiger partial charge >= 0.3 is 0 Å². The fraction of sp³-hybridized carbons (Fsp3) is 0.571. The van der Waals surface area contributed by atoms with Crippen LogP contribution in [0.1, 0.15) is 38.9 Å². The molecule has 4 heteroatoms. The van der Waals surface area contributed by atoms with Crippen LogP contribution in [0.2, 0.25) is 10.0 Å². The SMILES string of the molecule is CCN(CCC(O)c1cccc(Cl)c1Cl)C(C)C. The molecule has 0 aliphatic rings. The van der Waals surface area contributed by atoms with Crippen LogP contribution in [0.5, 0.6) is 0 Å². The number of aliphatic hydroxyl groups excluding tert-OH is 1. The van der Waals surface area contributed by atoms with Crippen LogP contribution >= 0.6 is 23.2 Å². The highest BCUT2D eigenvalue weighted by molar-refractivity contribution is 6.42. The highest BCUT2D eigenvalue weighted by atomic mass is 35.5. The summed E-state index contributed by atoms with van der Waals surface area (Å²) in [6.07, 6.45) is 0.0931. The van der Waals surface area contributed by atoms with Crippen LogP contribution in [0.4, 0.5) is 0 Å². The largest absolute Gasteiger partial charge is 0.388 e. The molecule has 0 aliphatic heterocycles. The minimum atomic E-state index is -0.566. The van der Waals surface area contributed by atoms with Crippen molar-refractivity contribution in [2.75, 3.05) is 13.1 Å². The van der Waals surface area contributed by atoms with Crippen molar-refractivity contribution < 1.29 is 5.11 Å². The van der Waals surface area contributed by atoms with Gasteiger partial charge in [0.15, 0.2) is 0 Å². The highest BCUT2D eigenvalue weighted by Gasteiger charge is 2.15. The van der Waals surface area contributed by atoms with Crippen LogP contribution < -0.4 is 0 Å². The Kier molecular flexibility index (Phi) is 6.44. The van der Waals surface area contributed by atoms with E-state index in [-0.39, 0.29) is 0 Å². The summed E-state index contributed by atoms with van der Waals surface area (Å²) in [5.74, 6) is 0. The number of rotatable bonds is 6. The number of benzene rings is 1.